The number of methoxy groups -OCH3 is 2. The van der Waals surface area contributed by atoms with Gasteiger partial charge in [0, 0.05) is 0 Å². The molecule has 2 aromatic heterocycles. The summed E-state index contributed by atoms with van der Waals surface area (Å²) in [6.45, 7) is 0. The minimum absolute atomic E-state index is 0.0342. The number of hydrogen-bond acceptors (Lipinski definition) is 8. The van der Waals surface area contributed by atoms with Crippen LogP contribution in [0.4, 0.5) is 0 Å². The molecule has 1 N–H and O–H groups in total. The monoisotopic (exact) mass is 438 g/mol. The van der Waals surface area contributed by atoms with Gasteiger partial charge in [-0.25, -0.2) is 14.7 Å². The van der Waals surface area contributed by atoms with E-state index in [9.17, 15) is 14.4 Å². The maximum absolute atomic E-state index is 10.9. The topological polar surface area (TPSA) is 124 Å². The van der Waals surface area contributed by atoms with E-state index in [-0.39, 0.29) is 31.6 Å². The Hall–Kier alpha value is -2.04. The first-order valence-corrected chi connectivity index (χ1v) is 7.45. The summed E-state index contributed by atoms with van der Waals surface area (Å²) in [5.74, 6) is -1.19. The first-order chi connectivity index (χ1) is 11.3. The molecule has 0 aliphatic carbocycles. The van der Waals surface area contributed by atoms with Crippen molar-refractivity contribution < 1.29 is 19.1 Å². The molecule has 2 rings (SSSR count). The van der Waals surface area contributed by atoms with E-state index in [1.54, 1.807) is 0 Å². The Kier molecular flexibility index (Phi) is 7.75. The molecule has 0 amide bonds. The number of H-pyrrole nitrogens is 1. The molecule has 0 bridgehead atoms. The van der Waals surface area contributed by atoms with Gasteiger partial charge in [-0.3, -0.25) is 4.79 Å². The van der Waals surface area contributed by atoms with Crippen LogP contribution in [-0.2, 0) is 9.47 Å². The van der Waals surface area contributed by atoms with Gasteiger partial charge in [0.25, 0.3) is 5.56 Å². The van der Waals surface area contributed by atoms with E-state index in [1.807, 2.05) is 0 Å². The largest absolute Gasteiger partial charge is 0.464 e. The second-order valence-corrected chi connectivity index (χ2v) is 5.40. The number of aromatic amines is 1. The van der Waals surface area contributed by atoms with Crippen LogP contribution >= 0.6 is 39.1 Å². The van der Waals surface area contributed by atoms with Crippen LogP contribution < -0.4 is 5.56 Å². The Morgan fingerprint density at radius 2 is 1.67 bits per heavy atom. The molecule has 0 atom stereocenters. The summed E-state index contributed by atoms with van der Waals surface area (Å²) in [5.41, 5.74) is -0.293. The van der Waals surface area contributed by atoms with E-state index >= 15 is 0 Å². The number of aromatic nitrogens is 4. The maximum atomic E-state index is 10.9. The SMILES string of the molecule is COC(=O)c1cc(Br)c(=O)[nH]n1.COC(=O)c1cc(Cl)c(Cl)nn1. The summed E-state index contributed by atoms with van der Waals surface area (Å²) in [6, 6.07) is 2.59. The van der Waals surface area contributed by atoms with Gasteiger partial charge in [0.1, 0.15) is 0 Å². The van der Waals surface area contributed by atoms with Gasteiger partial charge >= 0.3 is 11.9 Å². The Labute approximate surface area is 153 Å². The highest BCUT2D eigenvalue weighted by Gasteiger charge is 2.10. The molecule has 0 saturated heterocycles. The van der Waals surface area contributed by atoms with Gasteiger partial charge in [0.05, 0.1) is 23.7 Å². The molecule has 12 heteroatoms. The smallest absolute Gasteiger partial charge is 0.358 e. The number of rotatable bonds is 2. The number of carbonyl (C=O) groups excluding carboxylic acids is 2. The minimum Gasteiger partial charge on any atom is -0.464 e. The molecule has 0 unspecified atom stereocenters. The first kappa shape index (κ1) is 20.0. The van der Waals surface area contributed by atoms with Gasteiger partial charge in [-0.2, -0.15) is 5.10 Å². The summed E-state index contributed by atoms with van der Waals surface area (Å²) in [5, 5.41) is 12.7. The molecule has 0 aliphatic rings. The lowest BCUT2D eigenvalue weighted by Gasteiger charge is -1.97. The van der Waals surface area contributed by atoms with Crippen LogP contribution in [0.2, 0.25) is 10.2 Å². The van der Waals surface area contributed by atoms with Crippen LogP contribution in [0.3, 0.4) is 0 Å². The van der Waals surface area contributed by atoms with E-state index in [0.717, 1.165) is 0 Å². The predicted octanol–water partition coefficient (Wildman–Crippen LogP) is 1.89. The second kappa shape index (κ2) is 9.30. The number of hydrogen-bond donors (Lipinski definition) is 1. The van der Waals surface area contributed by atoms with Crippen molar-refractivity contribution in [2.75, 3.05) is 14.2 Å². The van der Waals surface area contributed by atoms with Crippen molar-refractivity contribution in [3.63, 3.8) is 0 Å². The highest BCUT2D eigenvalue weighted by molar-refractivity contribution is 9.10. The van der Waals surface area contributed by atoms with E-state index in [4.69, 9.17) is 23.2 Å². The van der Waals surface area contributed by atoms with Gasteiger partial charge < -0.3 is 9.47 Å². The van der Waals surface area contributed by atoms with E-state index in [1.165, 1.54) is 26.4 Å². The number of esters is 2. The Balaban J connectivity index is 0.000000240. The lowest BCUT2D eigenvalue weighted by atomic mass is 10.4. The fraction of sp³-hybridized carbons (Fsp3) is 0.167. The fourth-order valence-electron chi connectivity index (χ4n) is 1.15. The van der Waals surface area contributed by atoms with Gasteiger partial charge in [-0.15, -0.1) is 10.2 Å². The first-order valence-electron chi connectivity index (χ1n) is 5.90. The molecule has 2 aromatic rings. The number of ether oxygens (including phenoxy) is 2. The lowest BCUT2D eigenvalue weighted by Crippen LogP contribution is -2.14. The molecule has 0 aliphatic heterocycles. The van der Waals surface area contributed by atoms with Crippen molar-refractivity contribution >= 4 is 51.1 Å². The van der Waals surface area contributed by atoms with Crippen LogP contribution in [0.15, 0.2) is 21.4 Å². The third kappa shape index (κ3) is 5.55. The quantitative estimate of drug-likeness (QED) is 0.703. The average molecular weight is 440 g/mol. The molecule has 0 radical (unpaired) electrons. The molecule has 2 heterocycles. The Morgan fingerprint density at radius 1 is 1.08 bits per heavy atom. The standard InChI is InChI=1S/C6H5BrN2O3.C6H4Cl2N2O2/c1-12-6(11)4-2-3(7)5(10)9-8-4;1-12-6(11)4-2-3(7)5(8)10-9-4/h2H,1H3,(H,9,10);2H,1H3. The molecule has 9 nitrogen and oxygen atoms in total. The summed E-state index contributed by atoms with van der Waals surface area (Å²) in [7, 11) is 2.48. The summed E-state index contributed by atoms with van der Waals surface area (Å²) in [6.07, 6.45) is 0. The number of nitrogens with zero attached hydrogens (tertiary/aromatic N) is 3. The molecular weight excluding hydrogens is 431 g/mol. The average Bonchev–Trinajstić information content (AvgIpc) is 2.58. The van der Waals surface area contributed by atoms with E-state index < -0.39 is 11.9 Å². The molecular formula is C12H9BrCl2N4O5. The van der Waals surface area contributed by atoms with Crippen molar-refractivity contribution in [2.45, 2.75) is 0 Å². The Morgan fingerprint density at radius 3 is 2.17 bits per heavy atom. The molecule has 0 aromatic carbocycles. The molecule has 24 heavy (non-hydrogen) atoms. The van der Waals surface area contributed by atoms with Crippen LogP contribution in [0, 0.1) is 0 Å². The van der Waals surface area contributed by atoms with Gasteiger partial charge in [0.15, 0.2) is 16.5 Å². The zero-order chi connectivity index (χ0) is 18.3. The third-order valence-corrected chi connectivity index (χ3v) is 3.51. The third-order valence-electron chi connectivity index (χ3n) is 2.25. The van der Waals surface area contributed by atoms with Crippen molar-refractivity contribution in [1.29, 1.82) is 0 Å². The van der Waals surface area contributed by atoms with Gasteiger partial charge in [-0.05, 0) is 28.1 Å². The Bertz CT molecular complexity index is 814. The summed E-state index contributed by atoms with van der Waals surface area (Å²) < 4.78 is 9.02. The zero-order valence-electron chi connectivity index (χ0n) is 12.2. The zero-order valence-corrected chi connectivity index (χ0v) is 15.3. The van der Waals surface area contributed by atoms with E-state index in [2.05, 4.69) is 45.8 Å². The van der Waals surface area contributed by atoms with Crippen LogP contribution in [0.25, 0.3) is 0 Å². The van der Waals surface area contributed by atoms with Crippen molar-refractivity contribution in [2.24, 2.45) is 0 Å². The van der Waals surface area contributed by atoms with E-state index in [0.29, 0.717) is 0 Å². The maximum Gasteiger partial charge on any atom is 0.358 e. The molecule has 0 fully saturated rings. The summed E-state index contributed by atoms with van der Waals surface area (Å²) in [4.78, 5) is 32.5. The molecule has 128 valence electrons. The number of halogens is 3. The second-order valence-electron chi connectivity index (χ2n) is 3.78. The lowest BCUT2D eigenvalue weighted by molar-refractivity contribution is 0.0584. The van der Waals surface area contributed by atoms with Crippen LogP contribution in [-0.4, -0.2) is 46.6 Å². The summed E-state index contributed by atoms with van der Waals surface area (Å²) >= 11 is 14.0. The van der Waals surface area contributed by atoms with Crippen molar-refractivity contribution in [1.82, 2.24) is 20.4 Å². The van der Waals surface area contributed by atoms with Crippen LogP contribution in [0.1, 0.15) is 21.0 Å². The highest BCUT2D eigenvalue weighted by Crippen LogP contribution is 2.18. The van der Waals surface area contributed by atoms with Crippen LogP contribution in [0.5, 0.6) is 0 Å². The normalized spacial score (nSPS) is 9.54. The molecule has 0 spiro atoms. The van der Waals surface area contributed by atoms with Gasteiger partial charge in [-0.1, -0.05) is 23.2 Å². The number of nitrogens with one attached hydrogen (secondary N) is 1. The number of carbonyl (C=O) groups is 2. The molecule has 0 saturated carbocycles. The fourth-order valence-corrected chi connectivity index (χ4v) is 1.69. The van der Waals surface area contributed by atoms with Crippen molar-refractivity contribution in [3.8, 4) is 0 Å². The van der Waals surface area contributed by atoms with Crippen molar-refractivity contribution in [3.05, 3.63) is 48.5 Å². The highest BCUT2D eigenvalue weighted by atomic mass is 79.9. The van der Waals surface area contributed by atoms with Gasteiger partial charge in [0.2, 0.25) is 0 Å². The minimum atomic E-state index is -0.596. The predicted molar refractivity (Wildman–Crippen MR) is 87.3 cm³/mol.